The molecular formula is C12H15NO. The summed E-state index contributed by atoms with van der Waals surface area (Å²) < 4.78 is 0. The van der Waals surface area contributed by atoms with E-state index in [9.17, 15) is 4.79 Å². The van der Waals surface area contributed by atoms with Crippen LogP contribution in [0.4, 0.5) is 0 Å². The molecule has 2 nitrogen and oxygen atoms in total. The molecular weight excluding hydrogens is 174 g/mol. The van der Waals surface area contributed by atoms with E-state index >= 15 is 0 Å². The minimum Gasteiger partial charge on any atom is -0.349 e. The third-order valence-corrected chi connectivity index (χ3v) is 2.80. The fraction of sp³-hybridized carbons (Fsp3) is 0.417. The van der Waals surface area contributed by atoms with Crippen molar-refractivity contribution in [3.8, 4) is 0 Å². The summed E-state index contributed by atoms with van der Waals surface area (Å²) in [6, 6.07) is 6.64. The average Bonchev–Trinajstić information content (AvgIpc) is 2.51. The lowest BCUT2D eigenvalue weighted by molar-refractivity contribution is -0.119. The number of nitrogens with one attached hydrogen (secondary N) is 1. The molecule has 1 aromatic rings. The fourth-order valence-corrected chi connectivity index (χ4v) is 2.06. The van der Waals surface area contributed by atoms with Crippen molar-refractivity contribution in [2.24, 2.45) is 0 Å². The van der Waals surface area contributed by atoms with Gasteiger partial charge in [0, 0.05) is 6.42 Å². The predicted molar refractivity (Wildman–Crippen MR) is 56.0 cm³/mol. The summed E-state index contributed by atoms with van der Waals surface area (Å²) in [6.07, 6.45) is 1.60. The van der Waals surface area contributed by atoms with Crippen LogP contribution in [0.5, 0.6) is 0 Å². The normalized spacial score (nSPS) is 21.0. The molecule has 74 valence electrons. The van der Waals surface area contributed by atoms with E-state index in [1.54, 1.807) is 0 Å². The van der Waals surface area contributed by atoms with E-state index in [2.05, 4.69) is 37.4 Å². The average molecular weight is 189 g/mol. The van der Waals surface area contributed by atoms with Crippen LogP contribution in [-0.2, 0) is 4.79 Å². The van der Waals surface area contributed by atoms with E-state index in [1.165, 1.54) is 16.7 Å². The molecule has 2 heteroatoms. The molecule has 0 saturated carbocycles. The highest BCUT2D eigenvalue weighted by Crippen LogP contribution is 2.26. The van der Waals surface area contributed by atoms with Crippen molar-refractivity contribution < 1.29 is 4.79 Å². The summed E-state index contributed by atoms with van der Waals surface area (Å²) in [4.78, 5) is 11.1. The maximum absolute atomic E-state index is 11.1. The van der Waals surface area contributed by atoms with Crippen LogP contribution >= 0.6 is 0 Å². The molecule has 1 N–H and O–H groups in total. The zero-order valence-corrected chi connectivity index (χ0v) is 8.63. The number of benzene rings is 1. The lowest BCUT2D eigenvalue weighted by Crippen LogP contribution is -2.18. The molecule has 1 fully saturated rings. The molecule has 1 aliphatic heterocycles. The second-order valence-electron chi connectivity index (χ2n) is 4.02. The molecule has 2 rings (SSSR count). The van der Waals surface area contributed by atoms with Crippen molar-refractivity contribution in [2.45, 2.75) is 32.7 Å². The Bertz CT molecular complexity index is 371. The summed E-state index contributed by atoms with van der Waals surface area (Å²) in [5, 5.41) is 2.99. The Morgan fingerprint density at radius 3 is 2.71 bits per heavy atom. The van der Waals surface area contributed by atoms with Crippen LogP contribution in [0.15, 0.2) is 18.2 Å². The first kappa shape index (κ1) is 9.25. The summed E-state index contributed by atoms with van der Waals surface area (Å²) in [5.41, 5.74) is 3.81. The van der Waals surface area contributed by atoms with E-state index in [0.717, 1.165) is 6.42 Å². The highest BCUT2D eigenvalue weighted by Gasteiger charge is 2.23. The van der Waals surface area contributed by atoms with Crippen LogP contribution in [-0.4, -0.2) is 5.91 Å². The Morgan fingerprint density at radius 2 is 2.14 bits per heavy atom. The van der Waals surface area contributed by atoms with Crippen molar-refractivity contribution in [3.63, 3.8) is 0 Å². The molecule has 1 aliphatic rings. The van der Waals surface area contributed by atoms with Gasteiger partial charge in [0.25, 0.3) is 0 Å². The van der Waals surface area contributed by atoms with Gasteiger partial charge in [-0.2, -0.15) is 0 Å². The van der Waals surface area contributed by atoms with Crippen LogP contribution in [0.3, 0.4) is 0 Å². The van der Waals surface area contributed by atoms with Gasteiger partial charge < -0.3 is 5.32 Å². The summed E-state index contributed by atoms with van der Waals surface area (Å²) in [6.45, 7) is 4.19. The lowest BCUT2D eigenvalue weighted by atomic mass is 9.98. The Morgan fingerprint density at radius 1 is 1.36 bits per heavy atom. The van der Waals surface area contributed by atoms with Gasteiger partial charge in [0.15, 0.2) is 0 Å². The van der Waals surface area contributed by atoms with Gasteiger partial charge >= 0.3 is 0 Å². The smallest absolute Gasteiger partial charge is 0.220 e. The first-order valence-electron chi connectivity index (χ1n) is 5.03. The van der Waals surface area contributed by atoms with Gasteiger partial charge in [0.05, 0.1) is 6.04 Å². The molecule has 1 heterocycles. The molecule has 0 bridgehead atoms. The molecule has 0 radical (unpaired) electrons. The van der Waals surface area contributed by atoms with E-state index in [1.807, 2.05) is 0 Å². The molecule has 1 aromatic carbocycles. The Kier molecular flexibility index (Phi) is 2.28. The molecule has 0 spiro atoms. The van der Waals surface area contributed by atoms with E-state index < -0.39 is 0 Å². The topological polar surface area (TPSA) is 29.1 Å². The number of aryl methyl sites for hydroxylation is 2. The number of rotatable bonds is 1. The van der Waals surface area contributed by atoms with Gasteiger partial charge in [0.2, 0.25) is 5.91 Å². The summed E-state index contributed by atoms with van der Waals surface area (Å²) in [7, 11) is 0. The first-order chi connectivity index (χ1) is 6.66. The number of hydrogen-bond donors (Lipinski definition) is 1. The zero-order chi connectivity index (χ0) is 10.1. The second-order valence-corrected chi connectivity index (χ2v) is 4.02. The number of amides is 1. The van der Waals surface area contributed by atoms with Crippen LogP contribution in [0, 0.1) is 13.8 Å². The van der Waals surface area contributed by atoms with Crippen molar-refractivity contribution in [3.05, 3.63) is 34.9 Å². The van der Waals surface area contributed by atoms with Crippen molar-refractivity contribution in [1.82, 2.24) is 5.32 Å². The quantitative estimate of drug-likeness (QED) is 0.721. The van der Waals surface area contributed by atoms with Crippen LogP contribution in [0.2, 0.25) is 0 Å². The fourth-order valence-electron chi connectivity index (χ4n) is 2.06. The zero-order valence-electron chi connectivity index (χ0n) is 8.63. The Balaban J connectivity index is 2.28. The second kappa shape index (κ2) is 3.45. The van der Waals surface area contributed by atoms with Gasteiger partial charge in [-0.3, -0.25) is 4.79 Å². The molecule has 1 atom stereocenters. The summed E-state index contributed by atoms with van der Waals surface area (Å²) in [5.74, 6) is 0.176. The monoisotopic (exact) mass is 189 g/mol. The molecule has 1 saturated heterocycles. The van der Waals surface area contributed by atoms with E-state index in [0.29, 0.717) is 6.42 Å². The summed E-state index contributed by atoms with van der Waals surface area (Å²) >= 11 is 0. The molecule has 0 aromatic heterocycles. The maximum Gasteiger partial charge on any atom is 0.220 e. The van der Waals surface area contributed by atoms with Crippen LogP contribution in [0.1, 0.15) is 35.6 Å². The van der Waals surface area contributed by atoms with Crippen molar-refractivity contribution in [1.29, 1.82) is 0 Å². The van der Waals surface area contributed by atoms with Crippen molar-refractivity contribution >= 4 is 5.91 Å². The lowest BCUT2D eigenvalue weighted by Gasteiger charge is -2.13. The van der Waals surface area contributed by atoms with Gasteiger partial charge in [-0.1, -0.05) is 23.8 Å². The van der Waals surface area contributed by atoms with Gasteiger partial charge in [-0.15, -0.1) is 0 Å². The highest BCUT2D eigenvalue weighted by molar-refractivity contribution is 5.78. The maximum atomic E-state index is 11.1. The standard InChI is InChI=1S/C12H15NO/c1-8-3-4-10(9(2)7-8)11-5-6-12(14)13-11/h3-4,7,11H,5-6H2,1-2H3,(H,13,14). The van der Waals surface area contributed by atoms with Gasteiger partial charge in [-0.05, 0) is 31.4 Å². The van der Waals surface area contributed by atoms with Crippen LogP contribution < -0.4 is 5.32 Å². The minimum atomic E-state index is 0.176. The number of carbonyl (C=O) groups excluding carboxylic acids is 1. The molecule has 1 amide bonds. The molecule has 1 unspecified atom stereocenters. The van der Waals surface area contributed by atoms with E-state index in [-0.39, 0.29) is 11.9 Å². The van der Waals surface area contributed by atoms with E-state index in [4.69, 9.17) is 0 Å². The third kappa shape index (κ3) is 1.65. The van der Waals surface area contributed by atoms with Crippen LogP contribution in [0.25, 0.3) is 0 Å². The molecule has 0 aliphatic carbocycles. The largest absolute Gasteiger partial charge is 0.349 e. The predicted octanol–water partition coefficient (Wildman–Crippen LogP) is 2.25. The van der Waals surface area contributed by atoms with Crippen molar-refractivity contribution in [2.75, 3.05) is 0 Å². The number of hydrogen-bond acceptors (Lipinski definition) is 1. The van der Waals surface area contributed by atoms with Gasteiger partial charge in [0.1, 0.15) is 0 Å². The van der Waals surface area contributed by atoms with Gasteiger partial charge in [-0.25, -0.2) is 0 Å². The minimum absolute atomic E-state index is 0.176. The Hall–Kier alpha value is -1.31. The Labute approximate surface area is 84.3 Å². The SMILES string of the molecule is Cc1ccc(C2CCC(=O)N2)c(C)c1. The first-order valence-corrected chi connectivity index (χ1v) is 5.03. The third-order valence-electron chi connectivity index (χ3n) is 2.80. The molecule has 14 heavy (non-hydrogen) atoms. The number of carbonyl (C=O) groups is 1. The highest BCUT2D eigenvalue weighted by atomic mass is 16.1.